The number of alkyl halides is 3. The Bertz CT molecular complexity index is 2160. The number of rotatable bonds is 6. The van der Waals surface area contributed by atoms with Gasteiger partial charge in [-0.05, 0) is 35.9 Å². The quantitative estimate of drug-likeness (QED) is 0.119. The van der Waals surface area contributed by atoms with E-state index in [0.29, 0.717) is 16.7 Å². The third kappa shape index (κ3) is 4.46. The second kappa shape index (κ2) is 10.2. The van der Waals surface area contributed by atoms with E-state index >= 15 is 0 Å². The number of furan rings is 1. The van der Waals surface area contributed by atoms with Crippen LogP contribution < -0.4 is 15.4 Å². The lowest BCUT2D eigenvalue weighted by Gasteiger charge is -2.14. The first-order valence-electron chi connectivity index (χ1n) is 13.7. The zero-order chi connectivity index (χ0) is 31.6. The Morgan fingerprint density at radius 3 is 2.49 bits per heavy atom. The van der Waals surface area contributed by atoms with E-state index in [-0.39, 0.29) is 45.8 Å². The monoisotopic (exact) mass is 616 g/mol. The van der Waals surface area contributed by atoms with Crippen molar-refractivity contribution in [3.8, 4) is 5.75 Å². The van der Waals surface area contributed by atoms with Crippen LogP contribution in [0.5, 0.6) is 5.75 Å². The number of carbonyl (C=O) groups excluding carboxylic acids is 3. The summed E-state index contributed by atoms with van der Waals surface area (Å²) in [6.07, 6.45) is -5.01. The van der Waals surface area contributed by atoms with Crippen molar-refractivity contribution in [2.75, 3.05) is 31.4 Å². The van der Waals surface area contributed by atoms with E-state index in [9.17, 15) is 27.6 Å². The average Bonchev–Trinajstić information content (AvgIpc) is 3.82. The SMILES string of the molecule is COC(=O)c1c(C(F)(F)F)[nH]c2c(NC(=O)c3cc4cccc(OC)c4o3)cc3c(c12)C(C(=O)c1cc2ccccc2[nH]1)CN3. The first-order chi connectivity index (χ1) is 21.6. The lowest BCUT2D eigenvalue weighted by atomic mass is 9.90. The van der Waals surface area contributed by atoms with Crippen molar-refractivity contribution in [3.63, 3.8) is 0 Å². The van der Waals surface area contributed by atoms with Crippen LogP contribution >= 0.6 is 0 Å². The molecule has 4 N–H and O–H groups in total. The lowest BCUT2D eigenvalue weighted by molar-refractivity contribution is -0.141. The first kappa shape index (κ1) is 28.1. The number of benzene rings is 3. The Morgan fingerprint density at radius 2 is 1.76 bits per heavy atom. The van der Waals surface area contributed by atoms with E-state index < -0.39 is 41.0 Å². The van der Waals surface area contributed by atoms with Gasteiger partial charge in [0.25, 0.3) is 5.91 Å². The number of anilines is 2. The van der Waals surface area contributed by atoms with Crippen LogP contribution in [0.3, 0.4) is 0 Å². The van der Waals surface area contributed by atoms with Crippen LogP contribution in [0.2, 0.25) is 0 Å². The van der Waals surface area contributed by atoms with Gasteiger partial charge in [-0.1, -0.05) is 30.3 Å². The normalized spacial score (nSPS) is 14.5. The van der Waals surface area contributed by atoms with Crippen molar-refractivity contribution < 1.29 is 41.4 Å². The molecule has 0 saturated heterocycles. The van der Waals surface area contributed by atoms with Crippen LogP contribution in [0.15, 0.2) is 65.1 Å². The minimum absolute atomic E-state index is 0.0343. The number of aromatic nitrogens is 2. The van der Waals surface area contributed by atoms with E-state index in [4.69, 9.17) is 13.9 Å². The summed E-state index contributed by atoms with van der Waals surface area (Å²) in [5.41, 5.74) is -0.707. The van der Waals surface area contributed by atoms with E-state index in [1.165, 1.54) is 19.2 Å². The molecular formula is C32H23F3N4O6. The highest BCUT2D eigenvalue weighted by molar-refractivity contribution is 6.18. The van der Waals surface area contributed by atoms with Gasteiger partial charge < -0.3 is 34.5 Å². The number of methoxy groups -OCH3 is 2. The Hall–Kier alpha value is -5.72. The van der Waals surface area contributed by atoms with Crippen molar-refractivity contribution in [2.24, 2.45) is 0 Å². The molecule has 0 bridgehead atoms. The molecule has 0 aliphatic carbocycles. The van der Waals surface area contributed by atoms with Crippen molar-refractivity contribution in [2.45, 2.75) is 12.1 Å². The van der Waals surface area contributed by atoms with Gasteiger partial charge in [0.15, 0.2) is 22.9 Å². The number of fused-ring (bicyclic) bond motifs is 5. The number of esters is 1. The molecule has 0 spiro atoms. The predicted octanol–water partition coefficient (Wildman–Crippen LogP) is 6.85. The molecule has 1 amide bonds. The van der Waals surface area contributed by atoms with Crippen LogP contribution in [0.4, 0.5) is 24.5 Å². The van der Waals surface area contributed by atoms with E-state index in [0.717, 1.165) is 18.0 Å². The van der Waals surface area contributed by atoms with Gasteiger partial charge in [-0.15, -0.1) is 0 Å². The number of halogens is 3. The highest BCUT2D eigenvalue weighted by Crippen LogP contribution is 2.47. The fourth-order valence-corrected chi connectivity index (χ4v) is 5.95. The number of amides is 1. The third-order valence-electron chi connectivity index (χ3n) is 7.95. The molecule has 0 fully saturated rings. The molecule has 10 nitrogen and oxygen atoms in total. The summed E-state index contributed by atoms with van der Waals surface area (Å²) in [6.45, 7) is 0.0343. The molecule has 3 aromatic carbocycles. The molecule has 45 heavy (non-hydrogen) atoms. The number of ketones is 1. The van der Waals surface area contributed by atoms with E-state index in [1.807, 2.05) is 18.2 Å². The van der Waals surface area contributed by atoms with Crippen LogP contribution in [-0.2, 0) is 10.9 Å². The Kier molecular flexibility index (Phi) is 6.35. The van der Waals surface area contributed by atoms with Crippen LogP contribution in [0.1, 0.15) is 48.6 Å². The molecule has 13 heteroatoms. The van der Waals surface area contributed by atoms with Crippen LogP contribution in [0, 0.1) is 0 Å². The van der Waals surface area contributed by atoms with Crippen molar-refractivity contribution in [1.82, 2.24) is 9.97 Å². The summed E-state index contributed by atoms with van der Waals surface area (Å²) in [6, 6.07) is 16.9. The minimum Gasteiger partial charge on any atom is -0.493 e. The maximum atomic E-state index is 14.4. The molecule has 0 radical (unpaired) electrons. The minimum atomic E-state index is -5.01. The summed E-state index contributed by atoms with van der Waals surface area (Å²) < 4.78 is 58.9. The number of hydrogen-bond acceptors (Lipinski definition) is 7. The second-order valence-electron chi connectivity index (χ2n) is 10.5. The summed E-state index contributed by atoms with van der Waals surface area (Å²) in [7, 11) is 2.41. The smallest absolute Gasteiger partial charge is 0.432 e. The number of para-hydroxylation sites is 2. The van der Waals surface area contributed by atoms with Gasteiger partial charge >= 0.3 is 12.1 Å². The number of nitrogens with one attached hydrogen (secondary N) is 4. The molecule has 3 aromatic heterocycles. The van der Waals surface area contributed by atoms with Gasteiger partial charge in [0.2, 0.25) is 0 Å². The molecule has 1 aliphatic rings. The number of H-pyrrole nitrogens is 2. The van der Waals surface area contributed by atoms with Crippen LogP contribution in [-0.4, -0.2) is 48.4 Å². The second-order valence-corrected chi connectivity index (χ2v) is 10.5. The molecule has 6 aromatic rings. The van der Waals surface area contributed by atoms with Crippen LogP contribution in [0.25, 0.3) is 32.8 Å². The highest BCUT2D eigenvalue weighted by Gasteiger charge is 2.43. The number of hydrogen-bond donors (Lipinski definition) is 4. The van der Waals surface area contributed by atoms with Gasteiger partial charge in [-0.25, -0.2) is 4.79 Å². The zero-order valence-electron chi connectivity index (χ0n) is 23.6. The molecule has 1 atom stereocenters. The summed E-state index contributed by atoms with van der Waals surface area (Å²) >= 11 is 0. The number of aromatic amines is 2. The van der Waals surface area contributed by atoms with Gasteiger partial charge in [-0.3, -0.25) is 9.59 Å². The average molecular weight is 617 g/mol. The van der Waals surface area contributed by atoms with Gasteiger partial charge in [0.05, 0.1) is 42.6 Å². The summed E-state index contributed by atoms with van der Waals surface area (Å²) in [5.74, 6) is -3.11. The predicted molar refractivity (Wildman–Crippen MR) is 159 cm³/mol. The Morgan fingerprint density at radius 1 is 0.978 bits per heavy atom. The molecule has 0 saturated carbocycles. The van der Waals surface area contributed by atoms with E-state index in [2.05, 4.69) is 20.6 Å². The summed E-state index contributed by atoms with van der Waals surface area (Å²) in [4.78, 5) is 45.6. The lowest BCUT2D eigenvalue weighted by Crippen LogP contribution is -2.17. The summed E-state index contributed by atoms with van der Waals surface area (Å²) in [5, 5.41) is 6.87. The highest BCUT2D eigenvalue weighted by atomic mass is 19.4. The third-order valence-corrected chi connectivity index (χ3v) is 7.95. The zero-order valence-corrected chi connectivity index (χ0v) is 23.6. The van der Waals surface area contributed by atoms with Gasteiger partial charge in [0.1, 0.15) is 5.69 Å². The van der Waals surface area contributed by atoms with Crippen molar-refractivity contribution in [1.29, 1.82) is 0 Å². The molecular weight excluding hydrogens is 593 g/mol. The molecule has 1 aliphatic heterocycles. The molecule has 4 heterocycles. The molecule has 1 unspecified atom stereocenters. The topological polar surface area (TPSA) is 138 Å². The van der Waals surface area contributed by atoms with E-state index in [1.54, 1.807) is 30.3 Å². The number of Topliss-reactive ketones (excluding diaryl/α,β-unsaturated/α-hetero) is 1. The molecule has 228 valence electrons. The van der Waals surface area contributed by atoms with Crippen molar-refractivity contribution >= 4 is 61.8 Å². The Labute approximate surface area is 251 Å². The fourth-order valence-electron chi connectivity index (χ4n) is 5.95. The number of ether oxygens (including phenoxy) is 2. The fraction of sp³-hybridized carbons (Fsp3) is 0.156. The Balaban J connectivity index is 1.39. The maximum absolute atomic E-state index is 14.4. The van der Waals surface area contributed by atoms with Gasteiger partial charge in [0, 0.05) is 33.9 Å². The maximum Gasteiger partial charge on any atom is 0.432 e. The van der Waals surface area contributed by atoms with Crippen molar-refractivity contribution in [3.05, 3.63) is 88.9 Å². The standard InChI is InChI=1S/C32H23F3N4O6/c1-43-21-9-5-7-15-11-22(45-28(15)21)30(41)38-19-12-18-23(24-25(31(42)44-2)29(32(33,34)35)39-26(19)24)16(13-36-18)27(40)20-10-14-6-3-4-8-17(14)37-20/h3-12,16,36-37,39H,13H2,1-2H3,(H,38,41). The molecule has 7 rings (SSSR count). The van der Waals surface area contributed by atoms with Gasteiger partial charge in [-0.2, -0.15) is 13.2 Å². The largest absolute Gasteiger partial charge is 0.493 e. The number of carbonyl (C=O) groups is 3. The first-order valence-corrected chi connectivity index (χ1v) is 13.7.